The Hall–Kier alpha value is -1.73. The summed E-state index contributed by atoms with van der Waals surface area (Å²) in [6, 6.07) is 7.19. The Morgan fingerprint density at radius 1 is 0.944 bits per heavy atom. The molecule has 1 heterocycles. The maximum atomic E-state index is 12.3. The van der Waals surface area contributed by atoms with Crippen LogP contribution in [0.1, 0.15) is 5.56 Å². The Bertz CT molecular complexity index is 531. The normalized spacial score (nSPS) is 11.6. The second-order valence-corrected chi connectivity index (χ2v) is 3.65. The molecule has 0 unspecified atom stereocenters. The van der Waals surface area contributed by atoms with E-state index in [2.05, 4.69) is 0 Å². The summed E-state index contributed by atoms with van der Waals surface area (Å²) in [5.41, 5.74) is -0.389. The third-order valence-corrected chi connectivity index (χ3v) is 2.38. The van der Waals surface area contributed by atoms with Gasteiger partial charge in [-0.1, -0.05) is 12.1 Å². The van der Waals surface area contributed by atoms with Gasteiger partial charge in [0.1, 0.15) is 11.4 Å². The molecule has 3 nitrogen and oxygen atoms in total. The molecule has 0 atom stereocenters. The van der Waals surface area contributed by atoms with Crippen molar-refractivity contribution in [3.8, 4) is 11.3 Å². The SMILES string of the molecule is OB(O)c1ccc(-c2ccc(C(F)(F)F)cc2)o1. The molecule has 1 aromatic carbocycles. The van der Waals surface area contributed by atoms with E-state index in [1.54, 1.807) is 0 Å². The van der Waals surface area contributed by atoms with E-state index in [1.165, 1.54) is 24.3 Å². The van der Waals surface area contributed by atoms with Crippen LogP contribution in [0.4, 0.5) is 13.2 Å². The summed E-state index contributed by atoms with van der Waals surface area (Å²) in [5, 5.41) is 17.7. The van der Waals surface area contributed by atoms with E-state index in [9.17, 15) is 13.2 Å². The van der Waals surface area contributed by atoms with E-state index in [0.717, 1.165) is 12.1 Å². The minimum Gasteiger partial charge on any atom is -0.465 e. The summed E-state index contributed by atoms with van der Waals surface area (Å²) >= 11 is 0. The number of halogens is 3. The van der Waals surface area contributed by atoms with Crippen LogP contribution in [0.25, 0.3) is 11.3 Å². The van der Waals surface area contributed by atoms with Crippen molar-refractivity contribution in [2.75, 3.05) is 0 Å². The zero-order valence-electron chi connectivity index (χ0n) is 8.98. The molecule has 2 aromatic rings. The molecule has 2 rings (SSSR count). The molecule has 1 aromatic heterocycles. The summed E-state index contributed by atoms with van der Waals surface area (Å²) in [6.45, 7) is 0. The first-order valence-electron chi connectivity index (χ1n) is 5.01. The second kappa shape index (κ2) is 4.51. The van der Waals surface area contributed by atoms with Crippen molar-refractivity contribution in [2.24, 2.45) is 0 Å². The Balaban J connectivity index is 2.29. The van der Waals surface area contributed by atoms with Gasteiger partial charge < -0.3 is 14.5 Å². The first kappa shape index (κ1) is 12.7. The maximum absolute atomic E-state index is 12.3. The standard InChI is InChI=1S/C11H8BF3O3/c13-11(14,15)8-3-1-7(2-4-8)9-5-6-10(18-9)12(16)17/h1-6,16-17H. The van der Waals surface area contributed by atoms with Gasteiger partial charge in [-0.25, -0.2) is 0 Å². The summed E-state index contributed by atoms with van der Waals surface area (Å²) in [4.78, 5) is 0. The Kier molecular flexibility index (Phi) is 3.19. The monoisotopic (exact) mass is 256 g/mol. The summed E-state index contributed by atoms with van der Waals surface area (Å²) < 4.78 is 42.1. The number of alkyl halides is 3. The lowest BCUT2D eigenvalue weighted by molar-refractivity contribution is -0.137. The van der Waals surface area contributed by atoms with Crippen molar-refractivity contribution in [1.29, 1.82) is 0 Å². The predicted octanol–water partition coefficient (Wildman–Crippen LogP) is 1.65. The van der Waals surface area contributed by atoms with Gasteiger partial charge in [0.15, 0.2) is 0 Å². The lowest BCUT2D eigenvalue weighted by Gasteiger charge is -2.06. The van der Waals surface area contributed by atoms with E-state index in [-0.39, 0.29) is 11.4 Å². The van der Waals surface area contributed by atoms with Crippen molar-refractivity contribution < 1.29 is 27.6 Å². The van der Waals surface area contributed by atoms with Crippen LogP contribution in [-0.4, -0.2) is 17.2 Å². The van der Waals surface area contributed by atoms with Crippen LogP contribution in [0.15, 0.2) is 40.8 Å². The molecule has 0 aliphatic rings. The molecular formula is C11H8BF3O3. The number of hydrogen-bond donors (Lipinski definition) is 2. The molecule has 7 heteroatoms. The molecule has 0 radical (unpaired) electrons. The van der Waals surface area contributed by atoms with Crippen molar-refractivity contribution in [3.05, 3.63) is 42.0 Å². The van der Waals surface area contributed by atoms with Gasteiger partial charge >= 0.3 is 13.3 Å². The summed E-state index contributed by atoms with van der Waals surface area (Å²) in [6.07, 6.45) is -4.38. The molecule has 94 valence electrons. The zero-order valence-corrected chi connectivity index (χ0v) is 8.98. The molecule has 0 amide bonds. The number of furan rings is 1. The number of hydrogen-bond acceptors (Lipinski definition) is 3. The zero-order chi connectivity index (χ0) is 13.3. The highest BCUT2D eigenvalue weighted by Gasteiger charge is 2.30. The second-order valence-electron chi connectivity index (χ2n) is 3.65. The maximum Gasteiger partial charge on any atom is 0.526 e. The first-order valence-corrected chi connectivity index (χ1v) is 5.01. The van der Waals surface area contributed by atoms with Crippen LogP contribution >= 0.6 is 0 Å². The molecule has 0 fully saturated rings. The van der Waals surface area contributed by atoms with Crippen molar-refractivity contribution in [1.82, 2.24) is 0 Å². The molecule has 0 aliphatic carbocycles. The van der Waals surface area contributed by atoms with Gasteiger partial charge in [0.05, 0.1) is 5.56 Å². The van der Waals surface area contributed by atoms with Crippen LogP contribution in [0, 0.1) is 0 Å². The highest BCUT2D eigenvalue weighted by atomic mass is 19.4. The van der Waals surface area contributed by atoms with Gasteiger partial charge in [0, 0.05) is 5.56 Å². The molecule has 18 heavy (non-hydrogen) atoms. The molecule has 0 saturated heterocycles. The Labute approximate surface area is 101 Å². The fraction of sp³-hybridized carbons (Fsp3) is 0.0909. The van der Waals surface area contributed by atoms with E-state index in [1.807, 2.05) is 0 Å². The van der Waals surface area contributed by atoms with Crippen molar-refractivity contribution in [3.63, 3.8) is 0 Å². The predicted molar refractivity (Wildman–Crippen MR) is 59.0 cm³/mol. The van der Waals surface area contributed by atoms with Crippen LogP contribution in [0.5, 0.6) is 0 Å². The van der Waals surface area contributed by atoms with Gasteiger partial charge in [0.25, 0.3) is 0 Å². The average molecular weight is 256 g/mol. The molecule has 0 bridgehead atoms. The van der Waals surface area contributed by atoms with Crippen molar-refractivity contribution in [2.45, 2.75) is 6.18 Å². The van der Waals surface area contributed by atoms with Crippen LogP contribution in [0.3, 0.4) is 0 Å². The number of benzene rings is 1. The van der Waals surface area contributed by atoms with Gasteiger partial charge in [-0.2, -0.15) is 13.2 Å². The van der Waals surface area contributed by atoms with E-state index >= 15 is 0 Å². The van der Waals surface area contributed by atoms with Gasteiger partial charge in [-0.15, -0.1) is 0 Å². The highest BCUT2D eigenvalue weighted by Crippen LogP contribution is 2.30. The smallest absolute Gasteiger partial charge is 0.465 e. The van der Waals surface area contributed by atoms with Gasteiger partial charge in [-0.3, -0.25) is 0 Å². The molecule has 0 aliphatic heterocycles. The summed E-state index contributed by atoms with van der Waals surface area (Å²) in [7, 11) is -1.74. The van der Waals surface area contributed by atoms with E-state index in [4.69, 9.17) is 14.5 Å². The molecule has 0 spiro atoms. The lowest BCUT2D eigenvalue weighted by atomic mass is 9.88. The van der Waals surface area contributed by atoms with Crippen LogP contribution in [0.2, 0.25) is 0 Å². The summed E-state index contributed by atoms with van der Waals surface area (Å²) in [5.74, 6) is 0.270. The van der Waals surface area contributed by atoms with Gasteiger partial charge in [-0.05, 0) is 24.3 Å². The quantitative estimate of drug-likeness (QED) is 0.803. The minimum atomic E-state index is -4.38. The van der Waals surface area contributed by atoms with Crippen LogP contribution in [-0.2, 0) is 6.18 Å². The third-order valence-electron chi connectivity index (χ3n) is 2.38. The van der Waals surface area contributed by atoms with Crippen molar-refractivity contribution >= 4 is 12.8 Å². The number of rotatable bonds is 2. The molecular weight excluding hydrogens is 248 g/mol. The lowest BCUT2D eigenvalue weighted by Crippen LogP contribution is -2.27. The molecule has 2 N–H and O–H groups in total. The van der Waals surface area contributed by atoms with E-state index in [0.29, 0.717) is 5.56 Å². The average Bonchev–Trinajstić information content (AvgIpc) is 2.77. The Morgan fingerprint density at radius 2 is 1.56 bits per heavy atom. The third kappa shape index (κ3) is 2.57. The van der Waals surface area contributed by atoms with E-state index < -0.39 is 18.9 Å². The Morgan fingerprint density at radius 3 is 2.00 bits per heavy atom. The molecule has 0 saturated carbocycles. The van der Waals surface area contributed by atoms with Gasteiger partial charge in [0.2, 0.25) is 0 Å². The largest absolute Gasteiger partial charge is 0.526 e. The highest BCUT2D eigenvalue weighted by molar-refractivity contribution is 6.57. The fourth-order valence-corrected chi connectivity index (χ4v) is 1.47. The van der Waals surface area contributed by atoms with Crippen LogP contribution < -0.4 is 5.66 Å². The fourth-order valence-electron chi connectivity index (χ4n) is 1.47. The topological polar surface area (TPSA) is 53.6 Å². The first-order chi connectivity index (χ1) is 8.38. The minimum absolute atomic E-state index is 0.0649.